The van der Waals surface area contributed by atoms with Gasteiger partial charge in [-0.3, -0.25) is 4.98 Å². The molecule has 0 saturated carbocycles. The molecule has 2 heterocycles. The maximum Gasteiger partial charge on any atom is 0.119 e. The molecule has 0 aliphatic carbocycles. The lowest BCUT2D eigenvalue weighted by Crippen LogP contribution is -2.23. The number of fused-ring (bicyclic) bond motifs is 2. The van der Waals surface area contributed by atoms with Crippen molar-refractivity contribution in [1.82, 2.24) is 14.9 Å². The van der Waals surface area contributed by atoms with E-state index in [9.17, 15) is 0 Å². The van der Waals surface area contributed by atoms with Crippen molar-refractivity contribution in [2.45, 2.75) is 25.9 Å². The van der Waals surface area contributed by atoms with Crippen LogP contribution in [0.1, 0.15) is 37.2 Å². The Morgan fingerprint density at radius 3 is 2.58 bits per heavy atom. The maximum absolute atomic E-state index is 5.40. The first kappa shape index (κ1) is 21.2. The van der Waals surface area contributed by atoms with Gasteiger partial charge in [-0.05, 0) is 73.0 Å². The average Bonchev–Trinajstić information content (AvgIpc) is 3.23. The van der Waals surface area contributed by atoms with Gasteiger partial charge in [0.15, 0.2) is 0 Å². The number of para-hydroxylation sites is 1. The van der Waals surface area contributed by atoms with E-state index in [0.29, 0.717) is 0 Å². The fraction of sp³-hybridized carbons (Fsp3) is 0.207. The van der Waals surface area contributed by atoms with Crippen molar-refractivity contribution in [3.8, 4) is 16.9 Å². The highest BCUT2D eigenvalue weighted by Gasteiger charge is 2.16. The quantitative estimate of drug-likeness (QED) is 0.318. The fourth-order valence-electron chi connectivity index (χ4n) is 4.57. The molecule has 0 bridgehead atoms. The lowest BCUT2D eigenvalue weighted by molar-refractivity contribution is 0.412. The van der Waals surface area contributed by atoms with Crippen LogP contribution < -0.4 is 10.1 Å². The molecule has 1 unspecified atom stereocenters. The molecule has 1 N–H and O–H groups in total. The topological polar surface area (TPSA) is 39.1 Å². The lowest BCUT2D eigenvalue weighted by atomic mass is 9.97. The summed E-state index contributed by atoms with van der Waals surface area (Å²) in [4.78, 5) is 5.02. The number of methoxy groups -OCH3 is 1. The maximum atomic E-state index is 5.40. The van der Waals surface area contributed by atoms with Crippen LogP contribution in [0.15, 0.2) is 85.1 Å². The first-order valence-corrected chi connectivity index (χ1v) is 11.4. The second kappa shape index (κ2) is 8.72. The Morgan fingerprint density at radius 2 is 1.73 bits per heavy atom. The Labute approximate surface area is 194 Å². The predicted octanol–water partition coefficient (Wildman–Crippen LogP) is 6.81. The second-order valence-electron chi connectivity index (χ2n) is 8.70. The van der Waals surface area contributed by atoms with Gasteiger partial charge in [-0.25, -0.2) is 0 Å². The number of aryl methyl sites for hydroxylation is 1. The largest absolute Gasteiger partial charge is 0.497 e. The molecule has 3 aromatic carbocycles. The van der Waals surface area contributed by atoms with E-state index in [1.54, 1.807) is 7.11 Å². The number of aromatic nitrogens is 2. The number of pyridine rings is 1. The van der Waals surface area contributed by atoms with Gasteiger partial charge < -0.3 is 14.6 Å². The van der Waals surface area contributed by atoms with Crippen LogP contribution in [-0.2, 0) is 7.05 Å². The Kier molecular flexibility index (Phi) is 5.61. The number of nitrogens with one attached hydrogen (secondary N) is 1. The molecule has 0 amide bonds. The number of hydrogen-bond donors (Lipinski definition) is 1. The highest BCUT2D eigenvalue weighted by molar-refractivity contribution is 5.97. The van der Waals surface area contributed by atoms with E-state index in [4.69, 9.17) is 9.72 Å². The van der Waals surface area contributed by atoms with Gasteiger partial charge in [0, 0.05) is 41.6 Å². The summed E-state index contributed by atoms with van der Waals surface area (Å²) in [6.07, 6.45) is 2.11. The molecule has 0 saturated heterocycles. The van der Waals surface area contributed by atoms with Crippen molar-refractivity contribution < 1.29 is 4.74 Å². The van der Waals surface area contributed by atoms with Gasteiger partial charge in [-0.15, -0.1) is 0 Å². The molecule has 5 aromatic rings. The summed E-state index contributed by atoms with van der Waals surface area (Å²) in [5.41, 5.74) is 6.90. The Bertz CT molecular complexity index is 1440. The van der Waals surface area contributed by atoms with Gasteiger partial charge in [-0.2, -0.15) is 0 Å². The number of benzene rings is 3. The summed E-state index contributed by atoms with van der Waals surface area (Å²) < 4.78 is 7.55. The van der Waals surface area contributed by atoms with Gasteiger partial charge in [0.1, 0.15) is 5.75 Å². The van der Waals surface area contributed by atoms with E-state index in [-0.39, 0.29) is 12.1 Å². The summed E-state index contributed by atoms with van der Waals surface area (Å²) >= 11 is 0. The number of nitrogens with zero attached hydrogens (tertiary/aromatic N) is 2. The van der Waals surface area contributed by atoms with Crippen molar-refractivity contribution in [3.05, 3.63) is 96.3 Å². The van der Waals surface area contributed by atoms with E-state index >= 15 is 0 Å². The van der Waals surface area contributed by atoms with Gasteiger partial charge in [0.2, 0.25) is 0 Å². The van der Waals surface area contributed by atoms with E-state index in [1.807, 2.05) is 12.1 Å². The molecular formula is C29H29N3O. The first-order valence-electron chi connectivity index (χ1n) is 11.4. The Hall–Kier alpha value is -3.63. The standard InChI is InChI=1S/C29H29N3O/c1-19(21-8-7-9-24(17-21)33-4)30-20(2)28-18-26(25-10-5-6-11-27(25)31-28)22-12-13-29-23(16-22)14-15-32(29)3/h5-20,30H,1-4H3/t19-,20?/m1/s1. The normalized spacial score (nSPS) is 13.3. The monoisotopic (exact) mass is 435 g/mol. The highest BCUT2D eigenvalue weighted by Crippen LogP contribution is 2.33. The summed E-state index contributed by atoms with van der Waals surface area (Å²) in [5.74, 6) is 0.872. The molecule has 4 nitrogen and oxygen atoms in total. The van der Waals surface area contributed by atoms with Crippen LogP contribution in [0.2, 0.25) is 0 Å². The van der Waals surface area contributed by atoms with Crippen molar-refractivity contribution in [2.24, 2.45) is 7.05 Å². The minimum atomic E-state index is 0.0787. The van der Waals surface area contributed by atoms with E-state index in [0.717, 1.165) is 17.0 Å². The molecule has 4 heteroatoms. The minimum absolute atomic E-state index is 0.0787. The first-order chi connectivity index (χ1) is 16.0. The summed E-state index contributed by atoms with van der Waals surface area (Å²) in [5, 5.41) is 6.14. The third kappa shape index (κ3) is 4.10. The zero-order chi connectivity index (χ0) is 22.9. The molecular weight excluding hydrogens is 406 g/mol. The van der Waals surface area contributed by atoms with Crippen LogP contribution in [0.4, 0.5) is 0 Å². The molecule has 0 aliphatic heterocycles. The molecule has 0 fully saturated rings. The number of ether oxygens (including phenoxy) is 1. The molecule has 2 aromatic heterocycles. The molecule has 0 radical (unpaired) electrons. The van der Waals surface area contributed by atoms with Gasteiger partial charge >= 0.3 is 0 Å². The second-order valence-corrected chi connectivity index (χ2v) is 8.70. The third-order valence-corrected chi connectivity index (χ3v) is 6.47. The molecule has 5 rings (SSSR count). The van der Waals surface area contributed by atoms with Crippen molar-refractivity contribution >= 4 is 21.8 Å². The van der Waals surface area contributed by atoms with E-state index in [2.05, 4.69) is 104 Å². The molecule has 33 heavy (non-hydrogen) atoms. The summed E-state index contributed by atoms with van der Waals surface area (Å²) in [6, 6.07) is 27.9. The number of hydrogen-bond acceptors (Lipinski definition) is 3. The number of rotatable bonds is 6. The zero-order valence-electron chi connectivity index (χ0n) is 19.5. The van der Waals surface area contributed by atoms with Gasteiger partial charge in [0.05, 0.1) is 18.3 Å². The van der Waals surface area contributed by atoms with Crippen molar-refractivity contribution in [2.75, 3.05) is 7.11 Å². The smallest absolute Gasteiger partial charge is 0.119 e. The van der Waals surface area contributed by atoms with Crippen LogP contribution in [0.3, 0.4) is 0 Å². The predicted molar refractivity (Wildman–Crippen MR) is 137 cm³/mol. The van der Waals surface area contributed by atoms with Crippen LogP contribution in [-0.4, -0.2) is 16.7 Å². The SMILES string of the molecule is COc1cccc([C@@H](C)NC(C)c2cc(-c3ccc4c(ccn4C)c3)c3ccccc3n2)c1. The van der Waals surface area contributed by atoms with Crippen LogP contribution in [0.25, 0.3) is 32.9 Å². The van der Waals surface area contributed by atoms with Gasteiger partial charge in [-0.1, -0.05) is 36.4 Å². The van der Waals surface area contributed by atoms with Gasteiger partial charge in [0.25, 0.3) is 0 Å². The Morgan fingerprint density at radius 1 is 0.879 bits per heavy atom. The van der Waals surface area contributed by atoms with Crippen molar-refractivity contribution in [3.63, 3.8) is 0 Å². The Balaban J connectivity index is 1.53. The molecule has 0 aliphatic rings. The minimum Gasteiger partial charge on any atom is -0.497 e. The fourth-order valence-corrected chi connectivity index (χ4v) is 4.57. The average molecular weight is 436 g/mol. The molecule has 2 atom stereocenters. The third-order valence-electron chi connectivity index (χ3n) is 6.47. The zero-order valence-corrected chi connectivity index (χ0v) is 19.5. The van der Waals surface area contributed by atoms with Crippen molar-refractivity contribution in [1.29, 1.82) is 0 Å². The lowest BCUT2D eigenvalue weighted by Gasteiger charge is -2.22. The highest BCUT2D eigenvalue weighted by atomic mass is 16.5. The molecule has 0 spiro atoms. The van der Waals surface area contributed by atoms with Crippen LogP contribution >= 0.6 is 0 Å². The van der Waals surface area contributed by atoms with Crippen LogP contribution in [0, 0.1) is 0 Å². The van der Waals surface area contributed by atoms with Crippen LogP contribution in [0.5, 0.6) is 5.75 Å². The summed E-state index contributed by atoms with van der Waals surface area (Å²) in [7, 11) is 3.78. The van der Waals surface area contributed by atoms with E-state index in [1.165, 1.54) is 33.0 Å². The summed E-state index contributed by atoms with van der Waals surface area (Å²) in [6.45, 7) is 4.36. The molecule has 166 valence electrons. The van der Waals surface area contributed by atoms with E-state index < -0.39 is 0 Å².